The van der Waals surface area contributed by atoms with Crippen LogP contribution in [0.5, 0.6) is 0 Å². The van der Waals surface area contributed by atoms with E-state index in [1.54, 1.807) is 36.4 Å². The first-order chi connectivity index (χ1) is 11.5. The summed E-state index contributed by atoms with van der Waals surface area (Å²) in [5.41, 5.74) is 4.97. The SMILES string of the molecule is O=C(CNC(=O)c1ccccc1Cl)NNC(=O)c1cccc(Cl)c1. The number of hydrogen-bond acceptors (Lipinski definition) is 3. The van der Waals surface area contributed by atoms with Crippen molar-refractivity contribution in [1.29, 1.82) is 0 Å². The lowest BCUT2D eigenvalue weighted by Crippen LogP contribution is -2.46. The molecule has 0 aliphatic carbocycles. The molecule has 0 heterocycles. The van der Waals surface area contributed by atoms with E-state index in [0.29, 0.717) is 10.6 Å². The van der Waals surface area contributed by atoms with Crippen molar-refractivity contribution in [2.45, 2.75) is 0 Å². The van der Waals surface area contributed by atoms with Gasteiger partial charge in [-0.25, -0.2) is 0 Å². The predicted molar refractivity (Wildman–Crippen MR) is 90.8 cm³/mol. The van der Waals surface area contributed by atoms with Gasteiger partial charge < -0.3 is 5.32 Å². The summed E-state index contributed by atoms with van der Waals surface area (Å²) in [6.07, 6.45) is 0. The maximum atomic E-state index is 11.9. The number of hydrazine groups is 1. The first-order valence-electron chi connectivity index (χ1n) is 6.85. The number of rotatable bonds is 4. The van der Waals surface area contributed by atoms with Gasteiger partial charge in [0.05, 0.1) is 17.1 Å². The maximum absolute atomic E-state index is 11.9. The molecule has 0 aliphatic heterocycles. The van der Waals surface area contributed by atoms with Gasteiger partial charge in [0.15, 0.2) is 0 Å². The van der Waals surface area contributed by atoms with Crippen LogP contribution in [-0.2, 0) is 4.79 Å². The first-order valence-corrected chi connectivity index (χ1v) is 7.60. The average molecular weight is 366 g/mol. The van der Waals surface area contributed by atoms with Crippen molar-refractivity contribution in [3.05, 3.63) is 69.7 Å². The normalized spacial score (nSPS) is 9.92. The molecule has 0 atom stereocenters. The number of nitrogens with one attached hydrogen (secondary N) is 3. The fraction of sp³-hybridized carbons (Fsp3) is 0.0625. The van der Waals surface area contributed by atoms with Crippen molar-refractivity contribution < 1.29 is 14.4 Å². The molecule has 3 amide bonds. The lowest BCUT2D eigenvalue weighted by atomic mass is 10.2. The third kappa shape index (κ3) is 4.97. The molecule has 2 aromatic rings. The molecule has 2 rings (SSSR count). The van der Waals surface area contributed by atoms with Crippen LogP contribution in [0.2, 0.25) is 10.0 Å². The highest BCUT2D eigenvalue weighted by Crippen LogP contribution is 2.14. The number of carbonyl (C=O) groups excluding carboxylic acids is 3. The van der Waals surface area contributed by atoms with Crippen LogP contribution >= 0.6 is 23.2 Å². The van der Waals surface area contributed by atoms with Crippen molar-refractivity contribution in [1.82, 2.24) is 16.2 Å². The molecule has 0 saturated carbocycles. The number of benzene rings is 2. The molecule has 3 N–H and O–H groups in total. The molecule has 0 unspecified atom stereocenters. The largest absolute Gasteiger partial charge is 0.343 e. The summed E-state index contributed by atoms with van der Waals surface area (Å²) in [6, 6.07) is 12.7. The van der Waals surface area contributed by atoms with Gasteiger partial charge in [-0.1, -0.05) is 41.4 Å². The Labute approximate surface area is 148 Å². The molecular weight excluding hydrogens is 353 g/mol. The predicted octanol–water partition coefficient (Wildman–Crippen LogP) is 2.18. The van der Waals surface area contributed by atoms with E-state index in [-0.39, 0.29) is 17.1 Å². The van der Waals surface area contributed by atoms with Crippen molar-refractivity contribution in [3.8, 4) is 0 Å². The van der Waals surface area contributed by atoms with Crippen LogP contribution in [0.15, 0.2) is 48.5 Å². The smallest absolute Gasteiger partial charge is 0.269 e. The van der Waals surface area contributed by atoms with E-state index < -0.39 is 17.7 Å². The number of carbonyl (C=O) groups is 3. The second-order valence-electron chi connectivity index (χ2n) is 4.68. The number of amides is 3. The Kier molecular flexibility index (Phi) is 6.17. The van der Waals surface area contributed by atoms with Crippen LogP contribution in [0.4, 0.5) is 0 Å². The summed E-state index contributed by atoms with van der Waals surface area (Å²) in [7, 11) is 0. The fourth-order valence-electron chi connectivity index (χ4n) is 1.77. The molecule has 0 spiro atoms. The van der Waals surface area contributed by atoms with Gasteiger partial charge in [-0.2, -0.15) is 0 Å². The van der Waals surface area contributed by atoms with E-state index in [0.717, 1.165) is 0 Å². The average Bonchev–Trinajstić information content (AvgIpc) is 2.58. The van der Waals surface area contributed by atoms with Gasteiger partial charge in [-0.3, -0.25) is 25.2 Å². The molecule has 0 saturated heterocycles. The summed E-state index contributed by atoms with van der Waals surface area (Å²) in [5, 5.41) is 3.09. The molecule has 0 radical (unpaired) electrons. The van der Waals surface area contributed by atoms with Crippen molar-refractivity contribution in [2.75, 3.05) is 6.54 Å². The molecule has 2 aromatic carbocycles. The van der Waals surface area contributed by atoms with E-state index in [2.05, 4.69) is 16.2 Å². The standard InChI is InChI=1S/C16H13Cl2N3O3/c17-11-5-3-4-10(8-11)15(23)21-20-14(22)9-19-16(24)12-6-1-2-7-13(12)18/h1-8H,9H2,(H,19,24)(H,20,22)(H,21,23). The molecular formula is C16H13Cl2N3O3. The summed E-state index contributed by atoms with van der Waals surface area (Å²) in [5.74, 6) is -1.61. The second kappa shape index (κ2) is 8.33. The third-order valence-electron chi connectivity index (χ3n) is 2.93. The lowest BCUT2D eigenvalue weighted by molar-refractivity contribution is -0.120. The van der Waals surface area contributed by atoms with Crippen molar-refractivity contribution >= 4 is 40.9 Å². The van der Waals surface area contributed by atoms with E-state index in [9.17, 15) is 14.4 Å². The van der Waals surface area contributed by atoms with Crippen LogP contribution in [0.25, 0.3) is 0 Å². The van der Waals surface area contributed by atoms with Crippen LogP contribution in [-0.4, -0.2) is 24.3 Å². The lowest BCUT2D eigenvalue weighted by Gasteiger charge is -2.09. The number of hydrogen-bond donors (Lipinski definition) is 3. The van der Waals surface area contributed by atoms with Gasteiger partial charge in [-0.05, 0) is 30.3 Å². The van der Waals surface area contributed by atoms with Crippen LogP contribution in [0.1, 0.15) is 20.7 Å². The Morgan fingerprint density at radius 1 is 0.875 bits per heavy atom. The minimum Gasteiger partial charge on any atom is -0.343 e. The van der Waals surface area contributed by atoms with Crippen LogP contribution in [0, 0.1) is 0 Å². The Bertz CT molecular complexity index is 781. The van der Waals surface area contributed by atoms with Gasteiger partial charge in [0.2, 0.25) is 0 Å². The molecule has 0 aliphatic rings. The minimum absolute atomic E-state index is 0.259. The topological polar surface area (TPSA) is 87.3 Å². The van der Waals surface area contributed by atoms with Gasteiger partial charge in [0.25, 0.3) is 17.7 Å². The summed E-state index contributed by atoms with van der Waals surface area (Å²) < 4.78 is 0. The highest BCUT2D eigenvalue weighted by atomic mass is 35.5. The quantitative estimate of drug-likeness (QED) is 0.725. The van der Waals surface area contributed by atoms with Crippen LogP contribution < -0.4 is 16.2 Å². The third-order valence-corrected chi connectivity index (χ3v) is 3.49. The summed E-state index contributed by atoms with van der Waals surface area (Å²) >= 11 is 11.7. The summed E-state index contributed by atoms with van der Waals surface area (Å²) in [6.45, 7) is -0.320. The van der Waals surface area contributed by atoms with E-state index in [4.69, 9.17) is 23.2 Å². The highest BCUT2D eigenvalue weighted by Gasteiger charge is 2.12. The zero-order valence-electron chi connectivity index (χ0n) is 12.3. The van der Waals surface area contributed by atoms with Gasteiger partial charge in [-0.15, -0.1) is 0 Å². The van der Waals surface area contributed by atoms with Gasteiger partial charge in [0, 0.05) is 10.6 Å². The van der Waals surface area contributed by atoms with E-state index in [1.165, 1.54) is 12.1 Å². The maximum Gasteiger partial charge on any atom is 0.269 e. The second-order valence-corrected chi connectivity index (χ2v) is 5.52. The molecule has 0 fully saturated rings. The Morgan fingerprint density at radius 2 is 1.62 bits per heavy atom. The Morgan fingerprint density at radius 3 is 2.33 bits per heavy atom. The summed E-state index contributed by atoms with van der Waals surface area (Å²) in [4.78, 5) is 35.4. The zero-order valence-corrected chi connectivity index (χ0v) is 13.8. The van der Waals surface area contributed by atoms with Gasteiger partial charge >= 0.3 is 0 Å². The molecule has 8 heteroatoms. The zero-order chi connectivity index (χ0) is 17.5. The monoisotopic (exact) mass is 365 g/mol. The Hall–Kier alpha value is -2.57. The van der Waals surface area contributed by atoms with E-state index >= 15 is 0 Å². The highest BCUT2D eigenvalue weighted by molar-refractivity contribution is 6.33. The van der Waals surface area contributed by atoms with Crippen molar-refractivity contribution in [2.24, 2.45) is 0 Å². The number of halogens is 2. The minimum atomic E-state index is -0.592. The first kappa shape index (κ1) is 17.8. The van der Waals surface area contributed by atoms with Crippen molar-refractivity contribution in [3.63, 3.8) is 0 Å². The molecule has 6 nitrogen and oxygen atoms in total. The molecule has 0 aromatic heterocycles. The fourth-order valence-corrected chi connectivity index (χ4v) is 2.19. The molecule has 0 bridgehead atoms. The molecule has 124 valence electrons. The Balaban J connectivity index is 1.80. The van der Waals surface area contributed by atoms with E-state index in [1.807, 2.05) is 0 Å². The van der Waals surface area contributed by atoms with Crippen LogP contribution in [0.3, 0.4) is 0 Å². The molecule has 24 heavy (non-hydrogen) atoms. The van der Waals surface area contributed by atoms with Gasteiger partial charge in [0.1, 0.15) is 0 Å².